The Labute approximate surface area is 83.1 Å². The highest BCUT2D eigenvalue weighted by atomic mass is 16.1. The van der Waals surface area contributed by atoms with Gasteiger partial charge in [-0.05, 0) is 34.1 Å². The van der Waals surface area contributed by atoms with E-state index in [1.807, 2.05) is 19.1 Å². The van der Waals surface area contributed by atoms with Crippen LogP contribution in [-0.2, 0) is 4.79 Å². The van der Waals surface area contributed by atoms with Crippen LogP contribution in [0.4, 0.5) is 0 Å². The standard InChI is InChI=1S/C13H12O/c1-2-10(9-14)13-7-6-11-4-3-5-12(11)8-13/h3-9H,2H2,1H3/b13-10+. The number of rotatable bonds is 2. The molecule has 0 aromatic heterocycles. The fourth-order valence-electron chi connectivity index (χ4n) is 1.68. The van der Waals surface area contributed by atoms with Crippen LogP contribution in [0.15, 0.2) is 24.3 Å². The van der Waals surface area contributed by atoms with Crippen LogP contribution < -0.4 is 10.4 Å². The van der Waals surface area contributed by atoms with Crippen LogP contribution >= 0.6 is 0 Å². The SMILES string of the molecule is CC/C(C=O)=c1/ccc2c(c1)C=CC=2. The van der Waals surface area contributed by atoms with Crippen LogP contribution in [0.1, 0.15) is 18.9 Å². The number of fused-ring (bicyclic) bond motifs is 1. The largest absolute Gasteiger partial charge is 0.298 e. The van der Waals surface area contributed by atoms with E-state index >= 15 is 0 Å². The number of allylic oxidation sites excluding steroid dienone is 1. The minimum Gasteiger partial charge on any atom is -0.298 e. The second-order valence-corrected chi connectivity index (χ2v) is 3.37. The molecule has 0 N–H and O–H groups in total. The van der Waals surface area contributed by atoms with E-state index in [0.717, 1.165) is 23.5 Å². The molecule has 0 atom stereocenters. The second-order valence-electron chi connectivity index (χ2n) is 3.37. The summed E-state index contributed by atoms with van der Waals surface area (Å²) in [6.07, 6.45) is 7.91. The zero-order valence-corrected chi connectivity index (χ0v) is 8.16. The molecule has 14 heavy (non-hydrogen) atoms. The van der Waals surface area contributed by atoms with Crippen molar-refractivity contribution in [1.82, 2.24) is 0 Å². The van der Waals surface area contributed by atoms with Gasteiger partial charge in [0.1, 0.15) is 6.29 Å². The topological polar surface area (TPSA) is 17.1 Å². The number of hydrogen-bond acceptors (Lipinski definition) is 1. The van der Waals surface area contributed by atoms with Crippen LogP contribution in [0.3, 0.4) is 0 Å². The highest BCUT2D eigenvalue weighted by molar-refractivity contribution is 5.98. The first kappa shape index (κ1) is 8.95. The average Bonchev–Trinajstić information content (AvgIpc) is 2.66. The Morgan fingerprint density at radius 3 is 3.00 bits per heavy atom. The monoisotopic (exact) mass is 184 g/mol. The Balaban J connectivity index is 2.69. The Kier molecular flexibility index (Phi) is 2.32. The molecule has 0 saturated heterocycles. The summed E-state index contributed by atoms with van der Waals surface area (Å²) in [6.45, 7) is 2.00. The molecule has 0 bridgehead atoms. The molecule has 1 heteroatoms. The molecule has 0 radical (unpaired) electrons. The van der Waals surface area contributed by atoms with Crippen molar-refractivity contribution in [1.29, 1.82) is 0 Å². The van der Waals surface area contributed by atoms with E-state index in [4.69, 9.17) is 0 Å². The minimum absolute atomic E-state index is 0.787. The van der Waals surface area contributed by atoms with Crippen LogP contribution in [0, 0.1) is 0 Å². The number of carbonyl (C=O) groups excluding carboxylic acids is 1. The fraction of sp³-hybridized carbons (Fsp3) is 0.154. The summed E-state index contributed by atoms with van der Waals surface area (Å²) in [7, 11) is 0. The van der Waals surface area contributed by atoms with Gasteiger partial charge in [-0.3, -0.25) is 4.79 Å². The molecule has 1 aliphatic rings. The zero-order valence-electron chi connectivity index (χ0n) is 8.16. The van der Waals surface area contributed by atoms with Crippen molar-refractivity contribution in [3.8, 4) is 0 Å². The second kappa shape index (κ2) is 3.62. The van der Waals surface area contributed by atoms with Crippen molar-refractivity contribution in [3.05, 3.63) is 40.3 Å². The van der Waals surface area contributed by atoms with Crippen molar-refractivity contribution in [2.24, 2.45) is 0 Å². The molecule has 1 aromatic carbocycles. The summed E-state index contributed by atoms with van der Waals surface area (Å²) < 4.78 is 0. The van der Waals surface area contributed by atoms with Crippen molar-refractivity contribution in [2.45, 2.75) is 13.3 Å². The molecule has 0 saturated carbocycles. The number of aldehydes is 1. The Morgan fingerprint density at radius 2 is 2.29 bits per heavy atom. The molecule has 0 aliphatic heterocycles. The van der Waals surface area contributed by atoms with Gasteiger partial charge in [0.05, 0.1) is 0 Å². The smallest absolute Gasteiger partial charge is 0.146 e. The fourth-order valence-corrected chi connectivity index (χ4v) is 1.68. The summed E-state index contributed by atoms with van der Waals surface area (Å²) in [5.74, 6) is 0. The van der Waals surface area contributed by atoms with Crippen LogP contribution in [0.25, 0.3) is 17.7 Å². The molecule has 0 heterocycles. The number of carbonyl (C=O) groups is 1. The Bertz CT molecular complexity index is 507. The van der Waals surface area contributed by atoms with E-state index in [1.54, 1.807) is 0 Å². The van der Waals surface area contributed by atoms with E-state index in [-0.39, 0.29) is 0 Å². The normalized spacial score (nSPS) is 14.6. The first-order chi connectivity index (χ1) is 6.85. The lowest BCUT2D eigenvalue weighted by Crippen LogP contribution is -2.13. The van der Waals surface area contributed by atoms with Crippen molar-refractivity contribution >= 4 is 24.0 Å². The van der Waals surface area contributed by atoms with Gasteiger partial charge in [-0.25, -0.2) is 0 Å². The summed E-state index contributed by atoms with van der Waals surface area (Å²) in [5, 5.41) is 2.27. The van der Waals surface area contributed by atoms with Gasteiger partial charge in [-0.1, -0.05) is 37.3 Å². The molecule has 0 fully saturated rings. The predicted octanol–water partition coefficient (Wildman–Crippen LogP) is 1.25. The molecule has 2 rings (SSSR count). The molecule has 70 valence electrons. The van der Waals surface area contributed by atoms with Gasteiger partial charge in [0, 0.05) is 0 Å². The quantitative estimate of drug-likeness (QED) is 0.632. The summed E-state index contributed by atoms with van der Waals surface area (Å²) in [5.41, 5.74) is 2.07. The molecule has 0 spiro atoms. The summed E-state index contributed by atoms with van der Waals surface area (Å²) in [6, 6.07) is 6.14. The Morgan fingerprint density at radius 1 is 1.43 bits per heavy atom. The maximum atomic E-state index is 10.8. The summed E-state index contributed by atoms with van der Waals surface area (Å²) in [4.78, 5) is 10.8. The van der Waals surface area contributed by atoms with E-state index in [0.29, 0.717) is 0 Å². The van der Waals surface area contributed by atoms with Gasteiger partial charge < -0.3 is 0 Å². The average molecular weight is 184 g/mol. The molecule has 1 aromatic rings. The minimum atomic E-state index is 0.787. The van der Waals surface area contributed by atoms with Gasteiger partial charge in [0.2, 0.25) is 0 Å². The van der Waals surface area contributed by atoms with Gasteiger partial charge in [-0.15, -0.1) is 0 Å². The van der Waals surface area contributed by atoms with E-state index in [2.05, 4.69) is 24.3 Å². The lowest BCUT2D eigenvalue weighted by atomic mass is 10.1. The maximum absolute atomic E-state index is 10.8. The maximum Gasteiger partial charge on any atom is 0.146 e. The van der Waals surface area contributed by atoms with E-state index in [1.165, 1.54) is 10.8 Å². The van der Waals surface area contributed by atoms with Gasteiger partial charge in [0.25, 0.3) is 0 Å². The number of benzene rings is 1. The van der Waals surface area contributed by atoms with Crippen LogP contribution in [0.5, 0.6) is 0 Å². The third-order valence-corrected chi connectivity index (χ3v) is 2.53. The van der Waals surface area contributed by atoms with E-state index < -0.39 is 0 Å². The molecular weight excluding hydrogens is 172 g/mol. The Hall–Kier alpha value is -1.63. The van der Waals surface area contributed by atoms with Crippen molar-refractivity contribution < 1.29 is 4.79 Å². The molecule has 0 amide bonds. The summed E-state index contributed by atoms with van der Waals surface area (Å²) >= 11 is 0. The third-order valence-electron chi connectivity index (χ3n) is 2.53. The van der Waals surface area contributed by atoms with Crippen LogP contribution in [-0.4, -0.2) is 6.29 Å². The highest BCUT2D eigenvalue weighted by Gasteiger charge is 1.98. The third kappa shape index (κ3) is 1.41. The van der Waals surface area contributed by atoms with Crippen LogP contribution in [0.2, 0.25) is 0 Å². The molecular formula is C13H12O. The first-order valence-electron chi connectivity index (χ1n) is 4.82. The lowest BCUT2D eigenvalue weighted by molar-refractivity contribution is -0.103. The van der Waals surface area contributed by atoms with Gasteiger partial charge in [-0.2, -0.15) is 0 Å². The van der Waals surface area contributed by atoms with Crippen molar-refractivity contribution in [2.75, 3.05) is 0 Å². The van der Waals surface area contributed by atoms with Gasteiger partial charge in [0.15, 0.2) is 0 Å². The molecule has 1 nitrogen and oxygen atoms in total. The first-order valence-corrected chi connectivity index (χ1v) is 4.82. The molecule has 1 aliphatic carbocycles. The van der Waals surface area contributed by atoms with Gasteiger partial charge >= 0.3 is 0 Å². The lowest BCUT2D eigenvalue weighted by Gasteiger charge is -1.96. The predicted molar refractivity (Wildman–Crippen MR) is 59.0 cm³/mol. The number of hydrogen-bond donors (Lipinski definition) is 0. The zero-order chi connectivity index (χ0) is 9.97. The highest BCUT2D eigenvalue weighted by Crippen LogP contribution is 2.00. The molecule has 0 unspecified atom stereocenters. The van der Waals surface area contributed by atoms with E-state index in [9.17, 15) is 4.79 Å². The van der Waals surface area contributed by atoms with Crippen molar-refractivity contribution in [3.63, 3.8) is 0 Å².